The zero-order chi connectivity index (χ0) is 11.8. The topological polar surface area (TPSA) is 0 Å². The van der Waals surface area contributed by atoms with Crippen LogP contribution < -0.4 is 0 Å². The van der Waals surface area contributed by atoms with Crippen molar-refractivity contribution in [3.8, 4) is 0 Å². The molecular formula is C13H18F2. The van der Waals surface area contributed by atoms with Gasteiger partial charge in [0.15, 0.2) is 0 Å². The lowest BCUT2D eigenvalue weighted by Crippen LogP contribution is -2.16. The van der Waals surface area contributed by atoms with Gasteiger partial charge in [0.25, 0.3) is 0 Å². The van der Waals surface area contributed by atoms with Crippen molar-refractivity contribution in [1.29, 1.82) is 0 Å². The van der Waals surface area contributed by atoms with E-state index in [-0.39, 0.29) is 11.5 Å². The number of benzene rings is 1. The molecule has 0 nitrogen and oxygen atoms in total. The lowest BCUT2D eigenvalue weighted by Gasteiger charge is -2.21. The highest BCUT2D eigenvalue weighted by Crippen LogP contribution is 2.30. The maximum absolute atomic E-state index is 13.7. The van der Waals surface area contributed by atoms with Gasteiger partial charge in [0, 0.05) is 5.56 Å². The van der Waals surface area contributed by atoms with E-state index < -0.39 is 17.0 Å². The molecule has 1 rings (SSSR count). The third kappa shape index (κ3) is 2.55. The summed E-state index contributed by atoms with van der Waals surface area (Å²) in [4.78, 5) is 0. The van der Waals surface area contributed by atoms with Crippen molar-refractivity contribution in [2.24, 2.45) is 0 Å². The van der Waals surface area contributed by atoms with Crippen molar-refractivity contribution >= 4 is 0 Å². The monoisotopic (exact) mass is 212 g/mol. The molecule has 0 aliphatic heterocycles. The van der Waals surface area contributed by atoms with Crippen LogP contribution >= 0.6 is 0 Å². The highest BCUT2D eigenvalue weighted by Gasteiger charge is 2.23. The van der Waals surface area contributed by atoms with Gasteiger partial charge < -0.3 is 0 Å². The fourth-order valence-electron chi connectivity index (χ4n) is 1.64. The second-order valence-corrected chi connectivity index (χ2v) is 5.26. The van der Waals surface area contributed by atoms with E-state index >= 15 is 0 Å². The molecule has 0 radical (unpaired) electrons. The van der Waals surface area contributed by atoms with Gasteiger partial charge >= 0.3 is 0 Å². The van der Waals surface area contributed by atoms with Gasteiger partial charge in [0.05, 0.1) is 0 Å². The smallest absolute Gasteiger partial charge is 0.130 e. The van der Waals surface area contributed by atoms with Gasteiger partial charge in [-0.05, 0) is 29.0 Å². The van der Waals surface area contributed by atoms with Crippen LogP contribution in [0.3, 0.4) is 0 Å². The van der Waals surface area contributed by atoms with E-state index in [2.05, 4.69) is 0 Å². The molecule has 1 aromatic carbocycles. The van der Waals surface area contributed by atoms with E-state index in [1.54, 1.807) is 0 Å². The van der Waals surface area contributed by atoms with Crippen molar-refractivity contribution in [2.75, 3.05) is 0 Å². The number of hydrogen-bond donors (Lipinski definition) is 0. The molecule has 0 atom stereocenters. The molecule has 84 valence electrons. The second-order valence-electron chi connectivity index (χ2n) is 5.26. The Bertz CT molecular complexity index is 336. The van der Waals surface area contributed by atoms with E-state index in [1.807, 2.05) is 34.6 Å². The van der Waals surface area contributed by atoms with Gasteiger partial charge in [-0.1, -0.05) is 34.6 Å². The van der Waals surface area contributed by atoms with Gasteiger partial charge in [-0.3, -0.25) is 0 Å². The van der Waals surface area contributed by atoms with Crippen molar-refractivity contribution in [2.45, 2.75) is 46.0 Å². The summed E-state index contributed by atoms with van der Waals surface area (Å²) in [5.41, 5.74) is 0.383. The predicted octanol–water partition coefficient (Wildman–Crippen LogP) is 4.39. The molecule has 0 N–H and O–H groups in total. The fraction of sp³-hybridized carbons (Fsp3) is 0.538. The van der Waals surface area contributed by atoms with E-state index in [9.17, 15) is 8.78 Å². The van der Waals surface area contributed by atoms with Crippen LogP contribution in [0.1, 0.15) is 51.7 Å². The Kier molecular flexibility index (Phi) is 3.17. The van der Waals surface area contributed by atoms with E-state index in [4.69, 9.17) is 0 Å². The minimum atomic E-state index is -0.496. The van der Waals surface area contributed by atoms with Gasteiger partial charge in [-0.25, -0.2) is 8.78 Å². The summed E-state index contributed by atoms with van der Waals surface area (Å²) in [7, 11) is 0. The van der Waals surface area contributed by atoms with Crippen molar-refractivity contribution in [1.82, 2.24) is 0 Å². The maximum Gasteiger partial charge on any atom is 0.130 e. The first-order valence-electron chi connectivity index (χ1n) is 5.23. The van der Waals surface area contributed by atoms with Crippen molar-refractivity contribution in [3.05, 3.63) is 34.9 Å². The Balaban J connectivity index is 3.34. The third-order valence-corrected chi connectivity index (χ3v) is 2.48. The first-order chi connectivity index (χ1) is 6.73. The Hall–Kier alpha value is -0.920. The van der Waals surface area contributed by atoms with Gasteiger partial charge in [0.2, 0.25) is 0 Å². The lowest BCUT2D eigenvalue weighted by molar-refractivity contribution is 0.473. The summed E-state index contributed by atoms with van der Waals surface area (Å²) < 4.78 is 27.5. The van der Waals surface area contributed by atoms with Crippen LogP contribution in [0.25, 0.3) is 0 Å². The van der Waals surface area contributed by atoms with Crippen LogP contribution in [0.5, 0.6) is 0 Å². The van der Waals surface area contributed by atoms with E-state index in [0.29, 0.717) is 5.56 Å². The molecule has 0 saturated heterocycles. The number of rotatable bonds is 1. The molecule has 0 spiro atoms. The minimum Gasteiger partial charge on any atom is -0.207 e. The zero-order valence-corrected chi connectivity index (χ0v) is 9.99. The summed E-state index contributed by atoms with van der Waals surface area (Å²) in [5, 5.41) is 0. The molecule has 2 heteroatoms. The SMILES string of the molecule is CC(C)c1cc(F)c(C(C)(C)C)c(F)c1. The average Bonchev–Trinajstić information content (AvgIpc) is 1.99. The Labute approximate surface area is 90.3 Å². The summed E-state index contributed by atoms with van der Waals surface area (Å²) in [6.07, 6.45) is 0. The minimum absolute atomic E-state index is 0.142. The third-order valence-electron chi connectivity index (χ3n) is 2.48. The zero-order valence-electron chi connectivity index (χ0n) is 9.99. The quantitative estimate of drug-likeness (QED) is 0.647. The molecule has 1 aromatic rings. The average molecular weight is 212 g/mol. The molecule has 0 unspecified atom stereocenters. The van der Waals surface area contributed by atoms with E-state index in [0.717, 1.165) is 0 Å². The molecule has 0 saturated carbocycles. The molecule has 0 bridgehead atoms. The van der Waals surface area contributed by atoms with Crippen molar-refractivity contribution < 1.29 is 8.78 Å². The van der Waals surface area contributed by atoms with Crippen molar-refractivity contribution in [3.63, 3.8) is 0 Å². The van der Waals surface area contributed by atoms with Crippen LogP contribution in [0.15, 0.2) is 12.1 Å². The molecule has 0 aliphatic carbocycles. The Morgan fingerprint density at radius 3 is 1.67 bits per heavy atom. The first kappa shape index (κ1) is 12.2. The molecule has 0 heterocycles. The van der Waals surface area contributed by atoms with E-state index in [1.165, 1.54) is 12.1 Å². The molecular weight excluding hydrogens is 194 g/mol. The largest absolute Gasteiger partial charge is 0.207 e. The summed E-state index contributed by atoms with van der Waals surface area (Å²) in [5.74, 6) is -0.736. The lowest BCUT2D eigenvalue weighted by atomic mass is 9.85. The molecule has 0 aromatic heterocycles. The standard InChI is InChI=1S/C13H18F2/c1-8(2)9-6-10(14)12(11(15)7-9)13(3,4)5/h6-8H,1-5H3. The molecule has 0 aliphatic rings. The normalized spacial score (nSPS) is 12.3. The summed E-state index contributed by atoms with van der Waals surface area (Å²) in [6, 6.07) is 2.88. The summed E-state index contributed by atoms with van der Waals surface area (Å²) >= 11 is 0. The molecule has 0 fully saturated rings. The van der Waals surface area contributed by atoms with Crippen LogP contribution in [0, 0.1) is 11.6 Å². The van der Waals surface area contributed by atoms with Gasteiger partial charge in [0.1, 0.15) is 11.6 Å². The van der Waals surface area contributed by atoms with Crippen LogP contribution in [0.2, 0.25) is 0 Å². The predicted molar refractivity (Wildman–Crippen MR) is 59.1 cm³/mol. The Morgan fingerprint density at radius 1 is 1.00 bits per heavy atom. The maximum atomic E-state index is 13.7. The number of hydrogen-bond acceptors (Lipinski definition) is 0. The Morgan fingerprint density at radius 2 is 1.40 bits per heavy atom. The molecule has 15 heavy (non-hydrogen) atoms. The van der Waals surface area contributed by atoms with Crippen LogP contribution in [0.4, 0.5) is 8.78 Å². The van der Waals surface area contributed by atoms with Gasteiger partial charge in [-0.2, -0.15) is 0 Å². The highest BCUT2D eigenvalue weighted by atomic mass is 19.1. The summed E-state index contributed by atoms with van der Waals surface area (Å²) in [6.45, 7) is 9.27. The fourth-order valence-corrected chi connectivity index (χ4v) is 1.64. The van der Waals surface area contributed by atoms with Crippen LogP contribution in [-0.4, -0.2) is 0 Å². The highest BCUT2D eigenvalue weighted by molar-refractivity contribution is 5.32. The van der Waals surface area contributed by atoms with Crippen LogP contribution in [-0.2, 0) is 5.41 Å². The van der Waals surface area contributed by atoms with Gasteiger partial charge in [-0.15, -0.1) is 0 Å². The first-order valence-corrected chi connectivity index (χ1v) is 5.23. The second kappa shape index (κ2) is 3.92. The molecule has 0 amide bonds. The number of halogens is 2.